The molecule has 1 atom stereocenters. The fraction of sp³-hybridized carbons (Fsp3) is 0.250. The van der Waals surface area contributed by atoms with Gasteiger partial charge in [0.2, 0.25) is 5.91 Å². The summed E-state index contributed by atoms with van der Waals surface area (Å²) in [7, 11) is 0. The quantitative estimate of drug-likeness (QED) is 0.703. The second-order valence-corrected chi connectivity index (χ2v) is 6.89. The van der Waals surface area contributed by atoms with Gasteiger partial charge in [-0.05, 0) is 37.5 Å². The fourth-order valence-corrected chi connectivity index (χ4v) is 3.38. The Morgan fingerprint density at radius 3 is 2.72 bits per heavy atom. The minimum Gasteiger partial charge on any atom is -0.353 e. The second kappa shape index (κ2) is 8.53. The molecular formula is C20H21N3OS. The van der Waals surface area contributed by atoms with Crippen molar-refractivity contribution >= 4 is 17.2 Å². The first-order chi connectivity index (χ1) is 12.2. The molecule has 4 nitrogen and oxygen atoms in total. The number of aromatic nitrogens is 2. The highest BCUT2D eigenvalue weighted by Gasteiger charge is 2.12. The standard InChI is InChI=1S/C20H21N3OS/c1-15(10-11-16-7-3-2-4-8-16)22-19(24)13-17-14-25-20(23-17)18-9-5-6-12-21-18/h2-9,12,14-15H,10-11,13H2,1H3,(H,22,24). The Balaban J connectivity index is 1.48. The normalized spacial score (nSPS) is 11.9. The SMILES string of the molecule is CC(CCc1ccccc1)NC(=O)Cc1csc(-c2ccccn2)n1. The molecule has 1 N–H and O–H groups in total. The minimum absolute atomic E-state index is 0.0124. The molecule has 1 aromatic carbocycles. The van der Waals surface area contributed by atoms with Gasteiger partial charge < -0.3 is 5.32 Å². The van der Waals surface area contributed by atoms with Gasteiger partial charge in [0.05, 0.1) is 17.8 Å². The first kappa shape index (κ1) is 17.3. The Morgan fingerprint density at radius 1 is 1.16 bits per heavy atom. The van der Waals surface area contributed by atoms with Crippen LogP contribution in [0.3, 0.4) is 0 Å². The lowest BCUT2D eigenvalue weighted by molar-refractivity contribution is -0.121. The molecule has 0 fully saturated rings. The first-order valence-corrected chi connectivity index (χ1v) is 9.28. The van der Waals surface area contributed by atoms with Gasteiger partial charge >= 0.3 is 0 Å². The van der Waals surface area contributed by atoms with E-state index in [1.807, 2.05) is 48.7 Å². The van der Waals surface area contributed by atoms with E-state index in [-0.39, 0.29) is 11.9 Å². The van der Waals surface area contributed by atoms with Crippen molar-refractivity contribution in [1.82, 2.24) is 15.3 Å². The molecule has 25 heavy (non-hydrogen) atoms. The van der Waals surface area contributed by atoms with Crippen molar-refractivity contribution in [3.63, 3.8) is 0 Å². The zero-order chi connectivity index (χ0) is 17.5. The van der Waals surface area contributed by atoms with Gasteiger partial charge in [0.25, 0.3) is 0 Å². The lowest BCUT2D eigenvalue weighted by atomic mass is 10.1. The van der Waals surface area contributed by atoms with Gasteiger partial charge in [0.1, 0.15) is 5.01 Å². The zero-order valence-corrected chi connectivity index (χ0v) is 15.0. The maximum atomic E-state index is 12.2. The molecule has 1 unspecified atom stereocenters. The number of aryl methyl sites for hydroxylation is 1. The molecule has 5 heteroatoms. The number of pyridine rings is 1. The van der Waals surface area contributed by atoms with E-state index in [1.165, 1.54) is 16.9 Å². The number of benzene rings is 1. The first-order valence-electron chi connectivity index (χ1n) is 8.40. The number of hydrogen-bond donors (Lipinski definition) is 1. The minimum atomic E-state index is 0.0124. The largest absolute Gasteiger partial charge is 0.353 e. The maximum Gasteiger partial charge on any atom is 0.226 e. The van der Waals surface area contributed by atoms with Crippen LogP contribution in [0.4, 0.5) is 0 Å². The number of rotatable bonds is 7. The third kappa shape index (κ3) is 5.22. The molecule has 0 saturated carbocycles. The number of carbonyl (C=O) groups is 1. The molecule has 0 saturated heterocycles. The van der Waals surface area contributed by atoms with E-state index in [2.05, 4.69) is 27.4 Å². The molecule has 0 spiro atoms. The highest BCUT2D eigenvalue weighted by atomic mass is 32.1. The van der Waals surface area contributed by atoms with Crippen LogP contribution in [0.1, 0.15) is 24.6 Å². The molecule has 128 valence electrons. The summed E-state index contributed by atoms with van der Waals surface area (Å²) >= 11 is 1.52. The molecule has 0 bridgehead atoms. The average molecular weight is 351 g/mol. The smallest absolute Gasteiger partial charge is 0.226 e. The fourth-order valence-electron chi connectivity index (χ4n) is 2.59. The summed E-state index contributed by atoms with van der Waals surface area (Å²) in [6, 6.07) is 16.2. The van der Waals surface area contributed by atoms with Gasteiger partial charge in [-0.3, -0.25) is 9.78 Å². The lowest BCUT2D eigenvalue weighted by Crippen LogP contribution is -2.34. The Bertz CT molecular complexity index is 802. The number of nitrogens with one attached hydrogen (secondary N) is 1. The zero-order valence-electron chi connectivity index (χ0n) is 14.2. The van der Waals surface area contributed by atoms with Gasteiger partial charge in [-0.25, -0.2) is 4.98 Å². The molecular weight excluding hydrogens is 330 g/mol. The van der Waals surface area contributed by atoms with Gasteiger partial charge in [-0.15, -0.1) is 11.3 Å². The molecule has 0 aliphatic rings. The summed E-state index contributed by atoms with van der Waals surface area (Å²) in [5, 5.41) is 5.83. The van der Waals surface area contributed by atoms with Crippen LogP contribution in [0.2, 0.25) is 0 Å². The summed E-state index contributed by atoms with van der Waals surface area (Å²) in [4.78, 5) is 21.0. The predicted molar refractivity (Wildman–Crippen MR) is 101 cm³/mol. The molecule has 3 aromatic rings. The summed E-state index contributed by atoms with van der Waals surface area (Å²) in [5.74, 6) is 0.0124. The van der Waals surface area contributed by atoms with E-state index in [9.17, 15) is 4.79 Å². The van der Waals surface area contributed by atoms with Crippen LogP contribution in [0.25, 0.3) is 10.7 Å². The second-order valence-electron chi connectivity index (χ2n) is 6.03. The van der Waals surface area contributed by atoms with Gasteiger partial charge in [0, 0.05) is 17.6 Å². The molecule has 0 radical (unpaired) electrons. The third-order valence-corrected chi connectivity index (χ3v) is 4.81. The highest BCUT2D eigenvalue weighted by Crippen LogP contribution is 2.21. The van der Waals surface area contributed by atoms with Gasteiger partial charge in [0.15, 0.2) is 0 Å². The lowest BCUT2D eigenvalue weighted by Gasteiger charge is -2.13. The molecule has 1 amide bonds. The van der Waals surface area contributed by atoms with Crippen LogP contribution in [0.15, 0.2) is 60.1 Å². The van der Waals surface area contributed by atoms with Crippen LogP contribution < -0.4 is 5.32 Å². The Labute approximate surface area is 152 Å². The molecule has 2 heterocycles. The number of carbonyl (C=O) groups excluding carboxylic acids is 1. The predicted octanol–water partition coefficient (Wildman–Crippen LogP) is 3.89. The van der Waals surface area contributed by atoms with Crippen LogP contribution in [-0.2, 0) is 17.6 Å². The Hall–Kier alpha value is -2.53. The van der Waals surface area contributed by atoms with Gasteiger partial charge in [-0.1, -0.05) is 36.4 Å². The summed E-state index contributed by atoms with van der Waals surface area (Å²) in [6.07, 6.45) is 3.94. The van der Waals surface area contributed by atoms with Crippen molar-refractivity contribution < 1.29 is 4.79 Å². The molecule has 0 aliphatic heterocycles. The van der Waals surface area contributed by atoms with E-state index >= 15 is 0 Å². The summed E-state index contributed by atoms with van der Waals surface area (Å²) < 4.78 is 0. The number of nitrogens with zero attached hydrogens (tertiary/aromatic N) is 2. The van der Waals surface area contributed by atoms with E-state index in [1.54, 1.807) is 6.20 Å². The van der Waals surface area contributed by atoms with Crippen molar-refractivity contribution in [1.29, 1.82) is 0 Å². The average Bonchev–Trinajstić information content (AvgIpc) is 3.10. The Kier molecular flexibility index (Phi) is 5.90. The monoisotopic (exact) mass is 351 g/mol. The molecule has 3 rings (SSSR count). The van der Waals surface area contributed by atoms with Crippen molar-refractivity contribution in [2.75, 3.05) is 0 Å². The van der Waals surface area contributed by atoms with E-state index in [0.717, 1.165) is 29.2 Å². The number of thiazole rings is 1. The maximum absolute atomic E-state index is 12.2. The van der Waals surface area contributed by atoms with E-state index in [0.29, 0.717) is 6.42 Å². The summed E-state index contributed by atoms with van der Waals surface area (Å²) in [6.45, 7) is 2.04. The topological polar surface area (TPSA) is 54.9 Å². The van der Waals surface area contributed by atoms with Crippen LogP contribution in [0.5, 0.6) is 0 Å². The highest BCUT2D eigenvalue weighted by molar-refractivity contribution is 7.13. The van der Waals surface area contributed by atoms with Crippen molar-refractivity contribution in [3.8, 4) is 10.7 Å². The van der Waals surface area contributed by atoms with Crippen LogP contribution in [-0.4, -0.2) is 21.9 Å². The van der Waals surface area contributed by atoms with Crippen molar-refractivity contribution in [3.05, 3.63) is 71.4 Å². The summed E-state index contributed by atoms with van der Waals surface area (Å²) in [5.41, 5.74) is 2.93. The molecule has 2 aromatic heterocycles. The van der Waals surface area contributed by atoms with Crippen LogP contribution >= 0.6 is 11.3 Å². The Morgan fingerprint density at radius 2 is 1.96 bits per heavy atom. The number of amides is 1. The third-order valence-electron chi connectivity index (χ3n) is 3.89. The van der Waals surface area contributed by atoms with Crippen LogP contribution in [0, 0.1) is 0 Å². The van der Waals surface area contributed by atoms with E-state index in [4.69, 9.17) is 0 Å². The van der Waals surface area contributed by atoms with E-state index < -0.39 is 0 Å². The van der Waals surface area contributed by atoms with Gasteiger partial charge in [-0.2, -0.15) is 0 Å². The molecule has 0 aliphatic carbocycles. The van der Waals surface area contributed by atoms with Crippen molar-refractivity contribution in [2.45, 2.75) is 32.2 Å². The van der Waals surface area contributed by atoms with Crippen molar-refractivity contribution in [2.24, 2.45) is 0 Å². The number of hydrogen-bond acceptors (Lipinski definition) is 4.